The third-order valence-electron chi connectivity index (χ3n) is 4.86. The topological polar surface area (TPSA) is 75.7 Å². The second-order valence-corrected chi connectivity index (χ2v) is 6.96. The Balaban J connectivity index is 1.34. The van der Waals surface area contributed by atoms with Crippen LogP contribution >= 0.6 is 0 Å². The molecule has 3 amide bonds. The number of amides is 3. The van der Waals surface area contributed by atoms with Crippen molar-refractivity contribution < 1.29 is 19.1 Å². The predicted molar refractivity (Wildman–Crippen MR) is 113 cm³/mol. The minimum absolute atomic E-state index is 0.253. The first kappa shape index (κ1) is 19.4. The highest BCUT2D eigenvalue weighted by Crippen LogP contribution is 2.28. The van der Waals surface area contributed by atoms with Crippen molar-refractivity contribution in [1.82, 2.24) is 5.32 Å². The summed E-state index contributed by atoms with van der Waals surface area (Å²) in [6, 6.07) is 20.8. The van der Waals surface area contributed by atoms with Crippen LogP contribution in [0.1, 0.15) is 36.6 Å². The average molecular weight is 400 g/mol. The Morgan fingerprint density at radius 2 is 1.47 bits per heavy atom. The van der Waals surface area contributed by atoms with E-state index in [9.17, 15) is 14.4 Å². The number of carbonyl (C=O) groups is 3. The average Bonchev–Trinajstić information content (AvgIpc) is 3.03. The quantitative estimate of drug-likeness (QED) is 0.507. The van der Waals surface area contributed by atoms with Gasteiger partial charge in [-0.2, -0.15) is 0 Å². The standard InChI is InChI=1S/C24H20N2O4/c1-16-6-12-19(13-7-16)30-15-14-25-22(27)17-8-10-18(11-9-17)26-23(28)20-4-2-3-5-21(20)24(26)29/h2-13H,14-15H2,1H3,(H,25,27). The fraction of sp³-hybridized carbons (Fsp3) is 0.125. The summed E-state index contributed by atoms with van der Waals surface area (Å²) in [6.07, 6.45) is 0. The summed E-state index contributed by atoms with van der Waals surface area (Å²) in [7, 11) is 0. The zero-order valence-corrected chi connectivity index (χ0v) is 16.4. The Morgan fingerprint density at radius 1 is 0.867 bits per heavy atom. The van der Waals surface area contributed by atoms with Crippen LogP contribution in [0.15, 0.2) is 72.8 Å². The van der Waals surface area contributed by atoms with E-state index in [-0.39, 0.29) is 17.7 Å². The first-order valence-corrected chi connectivity index (χ1v) is 9.60. The number of nitrogens with zero attached hydrogens (tertiary/aromatic N) is 1. The number of imide groups is 1. The van der Waals surface area contributed by atoms with Gasteiger partial charge in [0.1, 0.15) is 12.4 Å². The largest absolute Gasteiger partial charge is 0.492 e. The molecule has 0 saturated heterocycles. The number of anilines is 1. The van der Waals surface area contributed by atoms with E-state index in [4.69, 9.17) is 4.74 Å². The smallest absolute Gasteiger partial charge is 0.266 e. The molecule has 30 heavy (non-hydrogen) atoms. The molecule has 1 aliphatic rings. The SMILES string of the molecule is Cc1ccc(OCCNC(=O)c2ccc(N3C(=O)c4ccccc4C3=O)cc2)cc1. The van der Waals surface area contributed by atoms with Crippen molar-refractivity contribution in [2.45, 2.75) is 6.92 Å². The van der Waals surface area contributed by atoms with E-state index in [0.717, 1.165) is 16.2 Å². The minimum atomic E-state index is -0.360. The molecule has 0 bridgehead atoms. The van der Waals surface area contributed by atoms with Crippen molar-refractivity contribution in [3.63, 3.8) is 0 Å². The Morgan fingerprint density at radius 3 is 2.07 bits per heavy atom. The summed E-state index contributed by atoms with van der Waals surface area (Å²) in [5, 5.41) is 2.79. The molecule has 0 radical (unpaired) electrons. The van der Waals surface area contributed by atoms with Gasteiger partial charge in [0, 0.05) is 5.56 Å². The van der Waals surface area contributed by atoms with Gasteiger partial charge in [-0.1, -0.05) is 29.8 Å². The zero-order chi connectivity index (χ0) is 21.1. The lowest BCUT2D eigenvalue weighted by atomic mass is 10.1. The van der Waals surface area contributed by atoms with Crippen LogP contribution in [0.3, 0.4) is 0 Å². The predicted octanol–water partition coefficient (Wildman–Crippen LogP) is 3.60. The highest BCUT2D eigenvalue weighted by Gasteiger charge is 2.36. The molecule has 1 aliphatic heterocycles. The maximum atomic E-state index is 12.5. The lowest BCUT2D eigenvalue weighted by Gasteiger charge is -2.14. The van der Waals surface area contributed by atoms with Crippen molar-refractivity contribution in [2.75, 3.05) is 18.1 Å². The fourth-order valence-electron chi connectivity index (χ4n) is 3.26. The van der Waals surface area contributed by atoms with Crippen molar-refractivity contribution in [3.05, 3.63) is 95.1 Å². The van der Waals surface area contributed by atoms with Gasteiger partial charge in [-0.3, -0.25) is 14.4 Å². The number of benzene rings is 3. The van der Waals surface area contributed by atoms with Crippen LogP contribution in [-0.2, 0) is 0 Å². The molecule has 0 aromatic heterocycles. The normalized spacial score (nSPS) is 12.6. The first-order chi connectivity index (χ1) is 14.5. The third-order valence-corrected chi connectivity index (χ3v) is 4.86. The molecule has 0 spiro atoms. The summed E-state index contributed by atoms with van der Waals surface area (Å²) in [6.45, 7) is 2.71. The molecule has 6 nitrogen and oxygen atoms in total. The minimum Gasteiger partial charge on any atom is -0.492 e. The number of hydrogen-bond donors (Lipinski definition) is 1. The van der Waals surface area contributed by atoms with Gasteiger partial charge in [0.25, 0.3) is 17.7 Å². The maximum absolute atomic E-state index is 12.5. The van der Waals surface area contributed by atoms with Gasteiger partial charge in [0.15, 0.2) is 0 Å². The molecule has 150 valence electrons. The van der Waals surface area contributed by atoms with Gasteiger partial charge >= 0.3 is 0 Å². The van der Waals surface area contributed by atoms with Crippen LogP contribution in [0.5, 0.6) is 5.75 Å². The Labute approximate surface area is 174 Å². The first-order valence-electron chi connectivity index (χ1n) is 9.60. The van der Waals surface area contributed by atoms with Crippen LogP contribution in [0.25, 0.3) is 0 Å². The van der Waals surface area contributed by atoms with E-state index in [0.29, 0.717) is 35.5 Å². The molecular weight excluding hydrogens is 380 g/mol. The van der Waals surface area contributed by atoms with Crippen LogP contribution < -0.4 is 15.0 Å². The van der Waals surface area contributed by atoms with Crippen LogP contribution in [0.2, 0.25) is 0 Å². The summed E-state index contributed by atoms with van der Waals surface area (Å²) in [4.78, 5) is 38.5. The molecule has 0 unspecified atom stereocenters. The molecule has 6 heteroatoms. The Kier molecular flexibility index (Phi) is 5.30. The highest BCUT2D eigenvalue weighted by molar-refractivity contribution is 6.34. The number of carbonyl (C=O) groups excluding carboxylic acids is 3. The second-order valence-electron chi connectivity index (χ2n) is 6.96. The van der Waals surface area contributed by atoms with E-state index in [1.165, 1.54) is 0 Å². The number of aryl methyl sites for hydroxylation is 1. The van der Waals surface area contributed by atoms with Gasteiger partial charge < -0.3 is 10.1 Å². The summed E-state index contributed by atoms with van der Waals surface area (Å²) < 4.78 is 5.59. The second kappa shape index (κ2) is 8.21. The van der Waals surface area contributed by atoms with Crippen LogP contribution in [0, 0.1) is 6.92 Å². The molecule has 1 heterocycles. The van der Waals surface area contributed by atoms with E-state index in [2.05, 4.69) is 5.32 Å². The Hall–Kier alpha value is -3.93. The van der Waals surface area contributed by atoms with E-state index < -0.39 is 0 Å². The van der Waals surface area contributed by atoms with Crippen LogP contribution in [0.4, 0.5) is 5.69 Å². The molecule has 0 aliphatic carbocycles. The van der Waals surface area contributed by atoms with E-state index >= 15 is 0 Å². The van der Waals surface area contributed by atoms with Gasteiger partial charge in [0.2, 0.25) is 0 Å². The number of nitrogens with one attached hydrogen (secondary N) is 1. The zero-order valence-electron chi connectivity index (χ0n) is 16.4. The van der Waals surface area contributed by atoms with E-state index in [1.54, 1.807) is 48.5 Å². The number of hydrogen-bond acceptors (Lipinski definition) is 4. The van der Waals surface area contributed by atoms with Gasteiger partial charge in [-0.25, -0.2) is 4.90 Å². The van der Waals surface area contributed by atoms with Gasteiger partial charge in [-0.05, 0) is 55.5 Å². The fourth-order valence-corrected chi connectivity index (χ4v) is 3.26. The molecule has 0 atom stereocenters. The van der Waals surface area contributed by atoms with Crippen molar-refractivity contribution in [2.24, 2.45) is 0 Å². The van der Waals surface area contributed by atoms with Crippen LogP contribution in [-0.4, -0.2) is 30.9 Å². The van der Waals surface area contributed by atoms with Gasteiger partial charge in [0.05, 0.1) is 23.4 Å². The molecular formula is C24H20N2O4. The summed E-state index contributed by atoms with van der Waals surface area (Å²) >= 11 is 0. The number of ether oxygens (including phenoxy) is 1. The molecule has 3 aromatic rings. The third kappa shape index (κ3) is 3.80. The molecule has 0 saturated carbocycles. The number of fused-ring (bicyclic) bond motifs is 1. The highest BCUT2D eigenvalue weighted by atomic mass is 16.5. The monoisotopic (exact) mass is 400 g/mol. The van der Waals surface area contributed by atoms with Crippen molar-refractivity contribution in [3.8, 4) is 5.75 Å². The number of rotatable bonds is 6. The molecule has 4 rings (SSSR count). The van der Waals surface area contributed by atoms with E-state index in [1.807, 2.05) is 31.2 Å². The molecule has 3 aromatic carbocycles. The maximum Gasteiger partial charge on any atom is 0.266 e. The van der Waals surface area contributed by atoms with Crippen molar-refractivity contribution in [1.29, 1.82) is 0 Å². The molecule has 0 fully saturated rings. The summed E-state index contributed by atoms with van der Waals surface area (Å²) in [5.74, 6) is -0.223. The lowest BCUT2D eigenvalue weighted by Crippen LogP contribution is -2.30. The van der Waals surface area contributed by atoms with Crippen molar-refractivity contribution >= 4 is 23.4 Å². The van der Waals surface area contributed by atoms with Gasteiger partial charge in [-0.15, -0.1) is 0 Å². The molecule has 1 N–H and O–H groups in total. The lowest BCUT2D eigenvalue weighted by molar-refractivity contribution is 0.0922. The Bertz CT molecular complexity index is 1070. The summed E-state index contributed by atoms with van der Waals surface area (Å²) in [5.41, 5.74) is 2.79.